The minimum Gasteiger partial charge on any atom is -0.368 e. The maximum Gasteiger partial charge on any atom is 0.235 e. The van der Waals surface area contributed by atoms with E-state index >= 15 is 0 Å². The molecule has 4 heteroatoms. The van der Waals surface area contributed by atoms with Crippen molar-refractivity contribution in [3.8, 4) is 0 Å². The first-order chi connectivity index (χ1) is 6.50. The van der Waals surface area contributed by atoms with Crippen LogP contribution in [0.2, 0.25) is 5.02 Å². The lowest BCUT2D eigenvalue weighted by Crippen LogP contribution is -2.25. The highest BCUT2D eigenvalue weighted by atomic mass is 35.5. The summed E-state index contributed by atoms with van der Waals surface area (Å²) in [6, 6.07) is 5.58. The lowest BCUT2D eigenvalue weighted by atomic mass is 10.1. The molecule has 0 bridgehead atoms. The van der Waals surface area contributed by atoms with Crippen LogP contribution in [0, 0.1) is 6.92 Å². The minimum absolute atomic E-state index is 0.414. The summed E-state index contributed by atoms with van der Waals surface area (Å²) in [5.41, 5.74) is 6.96. The van der Waals surface area contributed by atoms with Gasteiger partial charge in [0.05, 0.1) is 0 Å². The summed E-state index contributed by atoms with van der Waals surface area (Å²) < 4.78 is 0. The van der Waals surface area contributed by atoms with Crippen LogP contribution in [0.5, 0.6) is 0 Å². The Hall–Kier alpha value is -0.730. The van der Waals surface area contributed by atoms with Crippen LogP contribution in [0.4, 0.5) is 0 Å². The fourth-order valence-electron chi connectivity index (χ4n) is 1.07. The van der Waals surface area contributed by atoms with E-state index in [4.69, 9.17) is 28.9 Å². The number of benzene rings is 1. The number of primary amides is 1. The molecule has 0 heterocycles. The number of hydrogen-bond donors (Lipinski definition) is 1. The van der Waals surface area contributed by atoms with E-state index in [1.54, 1.807) is 6.07 Å². The Bertz CT molecular complexity index is 352. The van der Waals surface area contributed by atoms with Gasteiger partial charge in [0, 0.05) is 5.02 Å². The average Bonchev–Trinajstić information content (AvgIpc) is 2.11. The smallest absolute Gasteiger partial charge is 0.235 e. The summed E-state index contributed by atoms with van der Waals surface area (Å²) in [5, 5.41) is 0.00427. The van der Waals surface area contributed by atoms with E-state index in [1.165, 1.54) is 0 Å². The molecule has 2 N–H and O–H groups in total. The second-order valence-corrected chi connectivity index (χ2v) is 4.09. The van der Waals surface area contributed by atoms with Gasteiger partial charge in [0.2, 0.25) is 5.91 Å². The molecule has 0 aliphatic carbocycles. The molecule has 1 aromatic rings. The second-order valence-electron chi connectivity index (χ2n) is 3.16. The molecule has 1 amide bonds. The molecule has 0 aliphatic rings. The van der Waals surface area contributed by atoms with Crippen LogP contribution in [-0.2, 0) is 11.2 Å². The van der Waals surface area contributed by atoms with E-state index in [0.29, 0.717) is 11.4 Å². The molecule has 1 atom stereocenters. The number of halogens is 2. The van der Waals surface area contributed by atoms with E-state index in [1.807, 2.05) is 19.1 Å². The molecule has 0 spiro atoms. The van der Waals surface area contributed by atoms with Crippen LogP contribution in [0.25, 0.3) is 0 Å². The normalized spacial score (nSPS) is 12.5. The number of amides is 1. The van der Waals surface area contributed by atoms with Gasteiger partial charge >= 0.3 is 0 Å². The Balaban J connectivity index is 2.78. The predicted octanol–water partition coefficient (Wildman–Crippen LogP) is 2.28. The van der Waals surface area contributed by atoms with Crippen molar-refractivity contribution in [2.24, 2.45) is 5.73 Å². The molecule has 0 saturated carbocycles. The quantitative estimate of drug-likeness (QED) is 0.798. The maximum atomic E-state index is 10.7. The third-order valence-corrected chi connectivity index (χ3v) is 2.74. The summed E-state index contributed by atoms with van der Waals surface area (Å²) in [7, 11) is 0. The van der Waals surface area contributed by atoms with Crippen molar-refractivity contribution in [2.45, 2.75) is 18.7 Å². The van der Waals surface area contributed by atoms with Crippen molar-refractivity contribution >= 4 is 29.1 Å². The molecule has 0 aliphatic heterocycles. The van der Waals surface area contributed by atoms with Crippen LogP contribution in [0.1, 0.15) is 11.1 Å². The molecule has 0 aromatic heterocycles. The lowest BCUT2D eigenvalue weighted by Gasteiger charge is -2.06. The van der Waals surface area contributed by atoms with Gasteiger partial charge in [0.25, 0.3) is 0 Å². The second kappa shape index (κ2) is 4.67. The Morgan fingerprint density at radius 3 is 2.71 bits per heavy atom. The first kappa shape index (κ1) is 11.3. The zero-order valence-corrected chi connectivity index (χ0v) is 9.27. The van der Waals surface area contributed by atoms with Crippen molar-refractivity contribution in [1.29, 1.82) is 0 Å². The van der Waals surface area contributed by atoms with Crippen molar-refractivity contribution in [2.75, 3.05) is 0 Å². The van der Waals surface area contributed by atoms with E-state index < -0.39 is 11.3 Å². The number of rotatable bonds is 3. The SMILES string of the molecule is Cc1ccc(CC(Cl)C(N)=O)cc1Cl. The van der Waals surface area contributed by atoms with Crippen LogP contribution in [-0.4, -0.2) is 11.3 Å². The topological polar surface area (TPSA) is 43.1 Å². The Kier molecular flexibility index (Phi) is 3.78. The average molecular weight is 232 g/mol. The zero-order chi connectivity index (χ0) is 10.7. The van der Waals surface area contributed by atoms with Gasteiger partial charge in [-0.25, -0.2) is 0 Å². The first-order valence-corrected chi connectivity index (χ1v) is 5.00. The van der Waals surface area contributed by atoms with Crippen molar-refractivity contribution in [3.05, 3.63) is 34.3 Å². The molecule has 1 aromatic carbocycles. The summed E-state index contributed by atoms with van der Waals surface area (Å²) >= 11 is 11.6. The van der Waals surface area contributed by atoms with Gasteiger partial charge in [-0.05, 0) is 30.5 Å². The molecule has 1 rings (SSSR count). The molecule has 1 unspecified atom stereocenters. The molecule has 0 fully saturated rings. The lowest BCUT2D eigenvalue weighted by molar-refractivity contribution is -0.117. The minimum atomic E-state index is -0.672. The number of alkyl halides is 1. The van der Waals surface area contributed by atoms with E-state index in [0.717, 1.165) is 11.1 Å². The summed E-state index contributed by atoms with van der Waals surface area (Å²) in [6.45, 7) is 1.92. The fourth-order valence-corrected chi connectivity index (χ4v) is 1.45. The van der Waals surface area contributed by atoms with Crippen LogP contribution in [0.15, 0.2) is 18.2 Å². The van der Waals surface area contributed by atoms with E-state index in [2.05, 4.69) is 0 Å². The van der Waals surface area contributed by atoms with Crippen LogP contribution >= 0.6 is 23.2 Å². The van der Waals surface area contributed by atoms with Crippen LogP contribution in [0.3, 0.4) is 0 Å². The maximum absolute atomic E-state index is 10.7. The third-order valence-electron chi connectivity index (χ3n) is 1.96. The highest BCUT2D eigenvalue weighted by molar-refractivity contribution is 6.31. The summed E-state index contributed by atoms with van der Waals surface area (Å²) in [4.78, 5) is 10.7. The number of carbonyl (C=O) groups is 1. The summed E-state index contributed by atoms with van der Waals surface area (Å²) in [5.74, 6) is -0.511. The standard InChI is InChI=1S/C10H11Cl2NO/c1-6-2-3-7(4-8(6)11)5-9(12)10(13)14/h2-4,9H,5H2,1H3,(H2,13,14). The van der Waals surface area contributed by atoms with Gasteiger partial charge in [0.15, 0.2) is 0 Å². The molecule has 0 saturated heterocycles. The summed E-state index contributed by atoms with van der Waals surface area (Å²) in [6.07, 6.45) is 0.414. The Morgan fingerprint density at radius 2 is 2.21 bits per heavy atom. The highest BCUT2D eigenvalue weighted by Gasteiger charge is 2.12. The molecule has 0 radical (unpaired) electrons. The third kappa shape index (κ3) is 2.89. The predicted molar refractivity (Wildman–Crippen MR) is 58.7 cm³/mol. The Labute approximate surface area is 93.0 Å². The van der Waals surface area contributed by atoms with Gasteiger partial charge in [-0.15, -0.1) is 11.6 Å². The van der Waals surface area contributed by atoms with E-state index in [-0.39, 0.29) is 0 Å². The van der Waals surface area contributed by atoms with E-state index in [9.17, 15) is 4.79 Å². The Morgan fingerprint density at radius 1 is 1.57 bits per heavy atom. The van der Waals surface area contributed by atoms with Gasteiger partial charge in [-0.3, -0.25) is 4.79 Å². The van der Waals surface area contributed by atoms with Gasteiger partial charge in [-0.2, -0.15) is 0 Å². The van der Waals surface area contributed by atoms with Crippen molar-refractivity contribution in [3.63, 3.8) is 0 Å². The molecular formula is C10H11Cl2NO. The number of hydrogen-bond acceptors (Lipinski definition) is 1. The van der Waals surface area contributed by atoms with Gasteiger partial charge in [0.1, 0.15) is 5.38 Å². The monoisotopic (exact) mass is 231 g/mol. The number of carbonyl (C=O) groups excluding carboxylic acids is 1. The van der Waals surface area contributed by atoms with Crippen molar-refractivity contribution in [1.82, 2.24) is 0 Å². The van der Waals surface area contributed by atoms with Gasteiger partial charge < -0.3 is 5.73 Å². The van der Waals surface area contributed by atoms with Crippen LogP contribution < -0.4 is 5.73 Å². The van der Waals surface area contributed by atoms with Gasteiger partial charge in [-0.1, -0.05) is 23.7 Å². The highest BCUT2D eigenvalue weighted by Crippen LogP contribution is 2.18. The number of nitrogens with two attached hydrogens (primary N) is 1. The fraction of sp³-hybridized carbons (Fsp3) is 0.300. The molecular weight excluding hydrogens is 221 g/mol. The van der Waals surface area contributed by atoms with Crippen molar-refractivity contribution < 1.29 is 4.79 Å². The zero-order valence-electron chi connectivity index (χ0n) is 7.76. The number of aryl methyl sites for hydroxylation is 1. The molecule has 76 valence electrons. The molecule has 14 heavy (non-hydrogen) atoms. The molecule has 2 nitrogen and oxygen atoms in total. The first-order valence-electron chi connectivity index (χ1n) is 4.19. The largest absolute Gasteiger partial charge is 0.368 e.